The zero-order valence-electron chi connectivity index (χ0n) is 14.3. The van der Waals surface area contributed by atoms with Crippen molar-refractivity contribution >= 4 is 39.3 Å². The Balaban J connectivity index is 1.65. The highest BCUT2D eigenvalue weighted by Crippen LogP contribution is 2.25. The molecular formula is C16H16N4O6S. The van der Waals surface area contributed by atoms with Crippen molar-refractivity contribution in [2.24, 2.45) is 0 Å². The van der Waals surface area contributed by atoms with Crippen molar-refractivity contribution < 1.29 is 27.3 Å². The molecule has 0 unspecified atom stereocenters. The third-order valence-electron chi connectivity index (χ3n) is 3.73. The molecule has 0 aliphatic carbocycles. The highest BCUT2D eigenvalue weighted by Gasteiger charge is 2.36. The highest BCUT2D eigenvalue weighted by atomic mass is 32.2. The third-order valence-corrected chi connectivity index (χ3v) is 5.42. The molecule has 0 saturated carbocycles. The van der Waals surface area contributed by atoms with Crippen molar-refractivity contribution in [1.82, 2.24) is 10.5 Å². The summed E-state index contributed by atoms with van der Waals surface area (Å²) < 4.78 is 29.5. The Morgan fingerprint density at radius 3 is 2.70 bits per heavy atom. The van der Waals surface area contributed by atoms with Gasteiger partial charge in [0.1, 0.15) is 5.76 Å². The first-order chi connectivity index (χ1) is 12.8. The lowest BCUT2D eigenvalue weighted by atomic mass is 10.2. The molecule has 1 aromatic carbocycles. The number of anilines is 2. The van der Waals surface area contributed by atoms with Gasteiger partial charge in [-0.1, -0.05) is 11.2 Å². The topological polar surface area (TPSA) is 139 Å². The molecule has 142 valence electrons. The summed E-state index contributed by atoms with van der Waals surface area (Å²) in [5, 5.41) is 8.47. The summed E-state index contributed by atoms with van der Waals surface area (Å²) in [5.74, 6) is -1.15. The van der Waals surface area contributed by atoms with E-state index in [4.69, 9.17) is 4.52 Å². The first-order valence-electron chi connectivity index (χ1n) is 7.93. The van der Waals surface area contributed by atoms with Gasteiger partial charge < -0.3 is 15.2 Å². The van der Waals surface area contributed by atoms with Crippen molar-refractivity contribution in [1.29, 1.82) is 0 Å². The molecule has 10 nitrogen and oxygen atoms in total. The van der Waals surface area contributed by atoms with E-state index in [9.17, 15) is 22.8 Å². The van der Waals surface area contributed by atoms with E-state index in [2.05, 4.69) is 15.8 Å². The molecule has 0 bridgehead atoms. The molecule has 2 heterocycles. The van der Waals surface area contributed by atoms with Crippen LogP contribution < -0.4 is 14.9 Å². The van der Waals surface area contributed by atoms with Crippen LogP contribution in [0.25, 0.3) is 0 Å². The number of carbonyl (C=O) groups is 3. The SMILES string of the molecule is Cc1cc(NC(=O)CNC(=O)c2cccc(N3C(=O)CCS3(=O)=O)c2)no1. The first kappa shape index (κ1) is 18.6. The van der Waals surface area contributed by atoms with Crippen molar-refractivity contribution in [2.45, 2.75) is 13.3 Å². The summed E-state index contributed by atoms with van der Waals surface area (Å²) in [7, 11) is -3.72. The highest BCUT2D eigenvalue weighted by molar-refractivity contribution is 7.94. The average Bonchev–Trinajstić information content (AvgIpc) is 3.14. The molecule has 27 heavy (non-hydrogen) atoms. The second-order valence-electron chi connectivity index (χ2n) is 5.83. The van der Waals surface area contributed by atoms with Crippen LogP contribution in [0.15, 0.2) is 34.9 Å². The molecule has 1 aliphatic heterocycles. The number of rotatable bonds is 5. The molecular weight excluding hydrogens is 376 g/mol. The maximum atomic E-state index is 12.2. The van der Waals surface area contributed by atoms with Crippen LogP contribution in [-0.4, -0.2) is 43.6 Å². The molecule has 0 radical (unpaired) electrons. The quantitative estimate of drug-likeness (QED) is 0.752. The Hall–Kier alpha value is -3.21. The van der Waals surface area contributed by atoms with Crippen molar-refractivity contribution in [3.05, 3.63) is 41.7 Å². The third kappa shape index (κ3) is 4.14. The van der Waals surface area contributed by atoms with Crippen LogP contribution in [0.3, 0.4) is 0 Å². The summed E-state index contributed by atoms with van der Waals surface area (Å²) in [6.07, 6.45) is -0.0968. The molecule has 0 spiro atoms. The van der Waals surface area contributed by atoms with Gasteiger partial charge in [-0.2, -0.15) is 0 Å². The van der Waals surface area contributed by atoms with Gasteiger partial charge in [0.2, 0.25) is 21.8 Å². The van der Waals surface area contributed by atoms with Gasteiger partial charge in [0.25, 0.3) is 5.91 Å². The minimum absolute atomic E-state index is 0.0904. The van der Waals surface area contributed by atoms with E-state index in [1.54, 1.807) is 6.92 Å². The fraction of sp³-hybridized carbons (Fsp3) is 0.250. The molecule has 1 fully saturated rings. The van der Waals surface area contributed by atoms with Crippen molar-refractivity contribution in [3.63, 3.8) is 0 Å². The second kappa shape index (κ2) is 7.19. The molecule has 2 aromatic rings. The molecule has 1 aromatic heterocycles. The fourth-order valence-electron chi connectivity index (χ4n) is 2.52. The molecule has 0 atom stereocenters. The van der Waals surface area contributed by atoms with E-state index in [0.717, 1.165) is 0 Å². The summed E-state index contributed by atoms with van der Waals surface area (Å²) in [6.45, 7) is 1.35. The Bertz CT molecular complexity index is 1010. The standard InChI is InChI=1S/C16H16N4O6S/c1-10-7-13(19-26-10)18-14(21)9-17-16(23)11-3-2-4-12(8-11)20-15(22)5-6-27(20,24)25/h2-4,7-8H,5-6,9H2,1H3,(H,17,23)(H,18,19,21). The van der Waals surface area contributed by atoms with E-state index >= 15 is 0 Å². The van der Waals surface area contributed by atoms with Gasteiger partial charge >= 0.3 is 0 Å². The van der Waals surface area contributed by atoms with Gasteiger partial charge in [-0.25, -0.2) is 12.7 Å². The minimum Gasteiger partial charge on any atom is -0.360 e. The van der Waals surface area contributed by atoms with Crippen LogP contribution in [0.4, 0.5) is 11.5 Å². The number of nitrogens with zero attached hydrogens (tertiary/aromatic N) is 2. The maximum Gasteiger partial charge on any atom is 0.251 e. The zero-order valence-corrected chi connectivity index (χ0v) is 15.1. The van der Waals surface area contributed by atoms with E-state index in [1.165, 1.54) is 30.3 Å². The molecule has 2 N–H and O–H groups in total. The number of benzene rings is 1. The van der Waals surface area contributed by atoms with Crippen LogP contribution in [0, 0.1) is 6.92 Å². The number of nitrogens with one attached hydrogen (secondary N) is 2. The van der Waals surface area contributed by atoms with E-state index in [0.29, 0.717) is 10.1 Å². The maximum absolute atomic E-state index is 12.2. The van der Waals surface area contributed by atoms with Crippen molar-refractivity contribution in [3.8, 4) is 0 Å². The largest absolute Gasteiger partial charge is 0.360 e. The molecule has 3 rings (SSSR count). The summed E-state index contributed by atoms with van der Waals surface area (Å²) >= 11 is 0. The summed E-state index contributed by atoms with van der Waals surface area (Å²) in [4.78, 5) is 35.9. The average molecular weight is 392 g/mol. The van der Waals surface area contributed by atoms with Crippen LogP contribution in [-0.2, 0) is 19.6 Å². The first-order valence-corrected chi connectivity index (χ1v) is 9.54. The minimum atomic E-state index is -3.72. The molecule has 1 aliphatic rings. The lowest BCUT2D eigenvalue weighted by Crippen LogP contribution is -2.33. The van der Waals surface area contributed by atoms with Crippen molar-refractivity contribution in [2.75, 3.05) is 21.9 Å². The number of amides is 3. The monoisotopic (exact) mass is 392 g/mol. The van der Waals surface area contributed by atoms with Crippen LogP contribution in [0.1, 0.15) is 22.5 Å². The van der Waals surface area contributed by atoms with Gasteiger partial charge in [-0.15, -0.1) is 0 Å². The van der Waals surface area contributed by atoms with E-state index in [1.807, 2.05) is 0 Å². The lowest BCUT2D eigenvalue weighted by Gasteiger charge is -2.15. The van der Waals surface area contributed by atoms with Gasteiger partial charge in [-0.05, 0) is 25.1 Å². The predicted octanol–water partition coefficient (Wildman–Crippen LogP) is 0.418. The number of aryl methyl sites for hydroxylation is 1. The number of sulfonamides is 1. The normalized spacial score (nSPS) is 15.6. The predicted molar refractivity (Wildman–Crippen MR) is 94.5 cm³/mol. The zero-order chi connectivity index (χ0) is 19.6. The van der Waals surface area contributed by atoms with Gasteiger partial charge in [0.05, 0.1) is 18.0 Å². The number of carbonyl (C=O) groups excluding carboxylic acids is 3. The van der Waals surface area contributed by atoms with E-state index in [-0.39, 0.29) is 35.8 Å². The van der Waals surface area contributed by atoms with Gasteiger partial charge in [0, 0.05) is 18.1 Å². The van der Waals surface area contributed by atoms with Gasteiger partial charge in [-0.3, -0.25) is 14.4 Å². The van der Waals surface area contributed by atoms with Crippen LogP contribution in [0.2, 0.25) is 0 Å². The lowest BCUT2D eigenvalue weighted by molar-refractivity contribution is -0.116. The van der Waals surface area contributed by atoms with Gasteiger partial charge in [0.15, 0.2) is 5.82 Å². The Morgan fingerprint density at radius 2 is 2.07 bits per heavy atom. The molecule has 1 saturated heterocycles. The Kier molecular flexibility index (Phi) is 4.95. The van der Waals surface area contributed by atoms with Crippen LogP contribution >= 0.6 is 0 Å². The Labute approximate surface area is 154 Å². The number of hydrogen-bond acceptors (Lipinski definition) is 7. The number of hydrogen-bond donors (Lipinski definition) is 2. The summed E-state index contributed by atoms with van der Waals surface area (Å²) in [6, 6.07) is 7.15. The summed E-state index contributed by atoms with van der Waals surface area (Å²) in [5.41, 5.74) is 0.208. The van der Waals surface area contributed by atoms with E-state index < -0.39 is 27.7 Å². The van der Waals surface area contributed by atoms with Crippen LogP contribution in [0.5, 0.6) is 0 Å². The molecule has 11 heteroatoms. The smallest absolute Gasteiger partial charge is 0.251 e. The Morgan fingerprint density at radius 1 is 1.30 bits per heavy atom. The fourth-order valence-corrected chi connectivity index (χ4v) is 3.97. The molecule has 3 amide bonds. The second-order valence-corrected chi connectivity index (χ2v) is 7.77. The number of aromatic nitrogens is 1.